The van der Waals surface area contributed by atoms with Crippen LogP contribution in [-0.4, -0.2) is 37.7 Å². The second-order valence-electron chi connectivity index (χ2n) is 3.90. The number of hydrogen-bond acceptors (Lipinski definition) is 6. The van der Waals surface area contributed by atoms with Crippen molar-refractivity contribution in [3.05, 3.63) is 0 Å². The fourth-order valence-corrected chi connectivity index (χ4v) is 1.38. The zero-order chi connectivity index (χ0) is 12.2. The van der Waals surface area contributed by atoms with Crippen molar-refractivity contribution < 1.29 is 28.6 Å². The highest BCUT2D eigenvalue weighted by molar-refractivity contribution is 5.73. The number of esters is 3. The Kier molecular flexibility index (Phi) is 3.87. The van der Waals surface area contributed by atoms with Gasteiger partial charge < -0.3 is 14.2 Å². The quantitative estimate of drug-likeness (QED) is 0.501. The highest BCUT2D eigenvalue weighted by Gasteiger charge is 2.42. The Hall–Kier alpha value is -1.59. The lowest BCUT2D eigenvalue weighted by Crippen LogP contribution is -2.34. The van der Waals surface area contributed by atoms with Crippen LogP contribution in [0.25, 0.3) is 0 Å². The molecule has 0 N–H and O–H groups in total. The van der Waals surface area contributed by atoms with Crippen LogP contribution in [-0.2, 0) is 28.6 Å². The molecule has 1 rings (SSSR count). The van der Waals surface area contributed by atoms with E-state index >= 15 is 0 Å². The minimum atomic E-state index is -0.728. The molecule has 1 fully saturated rings. The van der Waals surface area contributed by atoms with Gasteiger partial charge in [0.05, 0.1) is 11.8 Å². The normalized spacial score (nSPS) is 17.8. The van der Waals surface area contributed by atoms with Crippen LogP contribution >= 0.6 is 0 Å². The standard InChI is InChI=1S/C10H14O6/c1-7(11)14-4-10(5-15-8(2)12)3-9(13)16-6-10/h3-6H2,1-2H3. The fraction of sp³-hybridized carbons (Fsp3) is 0.700. The van der Waals surface area contributed by atoms with Gasteiger partial charge in [0.2, 0.25) is 0 Å². The van der Waals surface area contributed by atoms with Crippen molar-refractivity contribution in [3.8, 4) is 0 Å². The Bertz CT molecular complexity index is 290. The van der Waals surface area contributed by atoms with Crippen molar-refractivity contribution in [2.75, 3.05) is 19.8 Å². The van der Waals surface area contributed by atoms with Gasteiger partial charge in [-0.05, 0) is 0 Å². The molecule has 0 saturated carbocycles. The summed E-state index contributed by atoms with van der Waals surface area (Å²) in [4.78, 5) is 32.5. The van der Waals surface area contributed by atoms with Gasteiger partial charge in [-0.15, -0.1) is 0 Å². The molecule has 1 aliphatic rings. The van der Waals surface area contributed by atoms with Crippen LogP contribution in [0.2, 0.25) is 0 Å². The predicted octanol–water partition coefficient (Wildman–Crippen LogP) is 0.0459. The second kappa shape index (κ2) is 4.96. The van der Waals surface area contributed by atoms with E-state index in [2.05, 4.69) is 0 Å². The van der Waals surface area contributed by atoms with Crippen molar-refractivity contribution in [1.82, 2.24) is 0 Å². The molecule has 1 saturated heterocycles. The molecule has 6 heteroatoms. The van der Waals surface area contributed by atoms with Crippen LogP contribution in [0.15, 0.2) is 0 Å². The van der Waals surface area contributed by atoms with Crippen molar-refractivity contribution in [1.29, 1.82) is 0 Å². The third-order valence-electron chi connectivity index (χ3n) is 2.22. The Morgan fingerprint density at radius 3 is 2.06 bits per heavy atom. The van der Waals surface area contributed by atoms with E-state index in [-0.39, 0.29) is 32.2 Å². The minimum absolute atomic E-state index is 0.0152. The van der Waals surface area contributed by atoms with E-state index in [0.29, 0.717) is 0 Å². The average Bonchev–Trinajstić information content (AvgIpc) is 2.55. The van der Waals surface area contributed by atoms with E-state index in [0.717, 1.165) is 0 Å². The van der Waals surface area contributed by atoms with Crippen LogP contribution in [0.1, 0.15) is 20.3 Å². The van der Waals surface area contributed by atoms with Crippen LogP contribution in [0.5, 0.6) is 0 Å². The molecular weight excluding hydrogens is 216 g/mol. The molecule has 0 aromatic rings. The number of cyclic esters (lactones) is 1. The fourth-order valence-electron chi connectivity index (χ4n) is 1.38. The molecule has 1 aliphatic heterocycles. The molecule has 6 nitrogen and oxygen atoms in total. The molecule has 1 heterocycles. The maximum absolute atomic E-state index is 11.0. The number of hydrogen-bond donors (Lipinski definition) is 0. The molecule has 0 radical (unpaired) electrons. The maximum atomic E-state index is 11.0. The number of ether oxygens (including phenoxy) is 3. The number of carbonyl (C=O) groups excluding carboxylic acids is 3. The van der Waals surface area contributed by atoms with Crippen molar-refractivity contribution in [3.63, 3.8) is 0 Å². The summed E-state index contributed by atoms with van der Waals surface area (Å²) in [5.74, 6) is -1.26. The summed E-state index contributed by atoms with van der Waals surface area (Å²) in [7, 11) is 0. The van der Waals surface area contributed by atoms with Crippen LogP contribution in [0.4, 0.5) is 0 Å². The first kappa shape index (κ1) is 12.5. The van der Waals surface area contributed by atoms with Gasteiger partial charge in [0.15, 0.2) is 0 Å². The van der Waals surface area contributed by atoms with E-state index in [4.69, 9.17) is 14.2 Å². The smallest absolute Gasteiger partial charge is 0.306 e. The summed E-state index contributed by atoms with van der Waals surface area (Å²) < 4.78 is 14.5. The summed E-state index contributed by atoms with van der Waals surface area (Å²) >= 11 is 0. The Morgan fingerprint density at radius 1 is 1.25 bits per heavy atom. The average molecular weight is 230 g/mol. The summed E-state index contributed by atoms with van der Waals surface area (Å²) in [6, 6.07) is 0. The largest absolute Gasteiger partial charge is 0.465 e. The van der Waals surface area contributed by atoms with E-state index in [1.165, 1.54) is 13.8 Å². The number of carbonyl (C=O) groups is 3. The molecule has 0 aromatic carbocycles. The van der Waals surface area contributed by atoms with Gasteiger partial charge >= 0.3 is 17.9 Å². The lowest BCUT2D eigenvalue weighted by molar-refractivity contribution is -0.151. The van der Waals surface area contributed by atoms with Gasteiger partial charge in [0.1, 0.15) is 19.8 Å². The third kappa shape index (κ3) is 3.52. The highest BCUT2D eigenvalue weighted by Crippen LogP contribution is 2.30. The third-order valence-corrected chi connectivity index (χ3v) is 2.22. The minimum Gasteiger partial charge on any atom is -0.465 e. The van der Waals surface area contributed by atoms with Crippen LogP contribution in [0.3, 0.4) is 0 Å². The zero-order valence-corrected chi connectivity index (χ0v) is 9.28. The molecule has 0 atom stereocenters. The second-order valence-corrected chi connectivity index (χ2v) is 3.90. The lowest BCUT2D eigenvalue weighted by Gasteiger charge is -2.24. The maximum Gasteiger partial charge on any atom is 0.306 e. The summed E-state index contributed by atoms with van der Waals surface area (Å²) in [5, 5.41) is 0. The molecule has 0 aromatic heterocycles. The van der Waals surface area contributed by atoms with E-state index in [1.807, 2.05) is 0 Å². The first-order valence-corrected chi connectivity index (χ1v) is 4.86. The van der Waals surface area contributed by atoms with Gasteiger partial charge in [-0.3, -0.25) is 14.4 Å². The van der Waals surface area contributed by atoms with Gasteiger partial charge in [-0.25, -0.2) is 0 Å². The van der Waals surface area contributed by atoms with Gasteiger partial charge in [0.25, 0.3) is 0 Å². The molecular formula is C10H14O6. The Balaban J connectivity index is 2.57. The van der Waals surface area contributed by atoms with Gasteiger partial charge in [-0.1, -0.05) is 0 Å². The predicted molar refractivity (Wildman–Crippen MR) is 51.3 cm³/mol. The number of rotatable bonds is 4. The van der Waals surface area contributed by atoms with Crippen molar-refractivity contribution >= 4 is 17.9 Å². The Labute approximate surface area is 92.8 Å². The molecule has 16 heavy (non-hydrogen) atoms. The van der Waals surface area contributed by atoms with E-state index in [9.17, 15) is 14.4 Å². The summed E-state index contributed by atoms with van der Waals surface area (Å²) in [6.07, 6.45) is 0.0908. The van der Waals surface area contributed by atoms with E-state index in [1.54, 1.807) is 0 Å². The van der Waals surface area contributed by atoms with Gasteiger partial charge in [0, 0.05) is 13.8 Å². The van der Waals surface area contributed by atoms with E-state index < -0.39 is 17.4 Å². The first-order chi connectivity index (χ1) is 7.43. The molecule has 0 bridgehead atoms. The van der Waals surface area contributed by atoms with Gasteiger partial charge in [-0.2, -0.15) is 0 Å². The van der Waals surface area contributed by atoms with Crippen molar-refractivity contribution in [2.24, 2.45) is 5.41 Å². The zero-order valence-electron chi connectivity index (χ0n) is 9.28. The summed E-state index contributed by atoms with van der Waals surface area (Å²) in [5.41, 5.74) is -0.728. The lowest BCUT2D eigenvalue weighted by atomic mass is 9.89. The highest BCUT2D eigenvalue weighted by atomic mass is 16.6. The first-order valence-electron chi connectivity index (χ1n) is 4.86. The monoisotopic (exact) mass is 230 g/mol. The molecule has 0 spiro atoms. The molecule has 0 aliphatic carbocycles. The molecule has 0 unspecified atom stereocenters. The SMILES string of the molecule is CC(=O)OCC1(COC(C)=O)COC(=O)C1. The van der Waals surface area contributed by atoms with Crippen molar-refractivity contribution in [2.45, 2.75) is 20.3 Å². The van der Waals surface area contributed by atoms with Crippen LogP contribution in [0, 0.1) is 5.41 Å². The Morgan fingerprint density at radius 2 is 1.75 bits per heavy atom. The van der Waals surface area contributed by atoms with Crippen LogP contribution < -0.4 is 0 Å². The molecule has 90 valence electrons. The molecule has 0 amide bonds. The summed E-state index contributed by atoms with van der Waals surface area (Å²) in [6.45, 7) is 2.68. The topological polar surface area (TPSA) is 78.9 Å².